The van der Waals surface area contributed by atoms with E-state index < -0.39 is 0 Å². The molecule has 0 aliphatic rings. The summed E-state index contributed by atoms with van der Waals surface area (Å²) in [5.74, 6) is 0.00840. The van der Waals surface area contributed by atoms with Crippen molar-refractivity contribution in [3.63, 3.8) is 0 Å². The van der Waals surface area contributed by atoms with Gasteiger partial charge in [-0.15, -0.1) is 0 Å². The van der Waals surface area contributed by atoms with Gasteiger partial charge in [-0.25, -0.2) is 4.79 Å². The number of hydrogen-bond acceptors (Lipinski definition) is 4. The van der Waals surface area contributed by atoms with Crippen LogP contribution in [0.15, 0.2) is 72.8 Å². The molecule has 0 aromatic heterocycles. The van der Waals surface area contributed by atoms with Gasteiger partial charge in [0.15, 0.2) is 5.78 Å². The van der Waals surface area contributed by atoms with Crippen LogP contribution < -0.4 is 4.74 Å². The summed E-state index contributed by atoms with van der Waals surface area (Å²) in [6.07, 6.45) is 3.13. The molecule has 0 saturated heterocycles. The number of para-hydroxylation sites is 1. The third-order valence-corrected chi connectivity index (χ3v) is 4.85. The Bertz CT molecular complexity index is 1090. The number of esters is 1. The number of allylic oxidation sites excluding steroid dienone is 1. The number of carbonyl (C=O) groups excluding carboxylic acids is 2. The molecule has 0 aliphatic carbocycles. The summed E-state index contributed by atoms with van der Waals surface area (Å²) in [5.41, 5.74) is 2.50. The van der Waals surface area contributed by atoms with Crippen LogP contribution in [0.3, 0.4) is 0 Å². The number of hydrogen-bond donors (Lipinski definition) is 0. The van der Waals surface area contributed by atoms with Crippen molar-refractivity contribution in [3.8, 4) is 5.75 Å². The van der Waals surface area contributed by atoms with Crippen LogP contribution in [0.4, 0.5) is 0 Å². The van der Waals surface area contributed by atoms with Gasteiger partial charge in [0, 0.05) is 16.1 Å². The highest BCUT2D eigenvalue weighted by atomic mass is 35.5. The molecule has 0 unspecified atom stereocenters. The lowest BCUT2D eigenvalue weighted by atomic mass is 10.1. The van der Waals surface area contributed by atoms with E-state index in [1.165, 1.54) is 19.3 Å². The smallest absolute Gasteiger partial charge is 0.337 e. The molecule has 4 nitrogen and oxygen atoms in total. The first-order valence-corrected chi connectivity index (χ1v) is 9.80. The molecule has 0 spiro atoms. The minimum atomic E-state index is -0.386. The Morgan fingerprint density at radius 3 is 2.40 bits per heavy atom. The number of rotatable bonds is 7. The van der Waals surface area contributed by atoms with Gasteiger partial charge in [-0.3, -0.25) is 4.79 Å². The first-order chi connectivity index (χ1) is 14.5. The van der Waals surface area contributed by atoms with E-state index in [9.17, 15) is 9.59 Å². The van der Waals surface area contributed by atoms with Crippen molar-refractivity contribution in [1.82, 2.24) is 0 Å². The average molecular weight is 441 g/mol. The van der Waals surface area contributed by atoms with E-state index in [4.69, 9.17) is 32.7 Å². The van der Waals surface area contributed by atoms with Crippen LogP contribution in [-0.4, -0.2) is 18.9 Å². The van der Waals surface area contributed by atoms with Gasteiger partial charge in [0.25, 0.3) is 0 Å². The summed E-state index contributed by atoms with van der Waals surface area (Å²) < 4.78 is 10.6. The molecule has 30 heavy (non-hydrogen) atoms. The molecule has 0 N–H and O–H groups in total. The molecule has 0 radical (unpaired) electrons. The fraction of sp³-hybridized carbons (Fsp3) is 0.0833. The maximum Gasteiger partial charge on any atom is 0.337 e. The molecule has 0 heterocycles. The Labute approximate surface area is 184 Å². The summed E-state index contributed by atoms with van der Waals surface area (Å²) in [6, 6.07) is 19.1. The van der Waals surface area contributed by atoms with E-state index in [-0.39, 0.29) is 11.8 Å². The van der Waals surface area contributed by atoms with Gasteiger partial charge in [0.1, 0.15) is 12.4 Å². The molecular formula is C24H18Cl2O4. The van der Waals surface area contributed by atoms with Crippen LogP contribution in [0.25, 0.3) is 6.08 Å². The second-order valence-corrected chi connectivity index (χ2v) is 7.18. The van der Waals surface area contributed by atoms with E-state index in [1.807, 2.05) is 24.3 Å². The fourth-order valence-electron chi connectivity index (χ4n) is 2.71. The van der Waals surface area contributed by atoms with E-state index in [1.54, 1.807) is 42.5 Å². The van der Waals surface area contributed by atoms with Crippen LogP contribution in [0, 0.1) is 0 Å². The number of carbonyl (C=O) groups is 2. The molecule has 0 saturated carbocycles. The first kappa shape index (κ1) is 21.6. The molecule has 6 heteroatoms. The number of halogens is 2. The SMILES string of the molecule is COC(=O)c1ccc(COc2ccccc2/C=C/C(=O)c2ccc(Cl)cc2Cl)cc1. The van der Waals surface area contributed by atoms with Crippen LogP contribution >= 0.6 is 23.2 Å². The summed E-state index contributed by atoms with van der Waals surface area (Å²) in [6.45, 7) is 0.309. The van der Waals surface area contributed by atoms with Crippen LogP contribution in [0.2, 0.25) is 10.0 Å². The molecule has 0 bridgehead atoms. The molecule has 3 rings (SSSR count). The van der Waals surface area contributed by atoms with Crippen LogP contribution in [-0.2, 0) is 11.3 Å². The molecule has 3 aromatic carbocycles. The lowest BCUT2D eigenvalue weighted by Crippen LogP contribution is -2.02. The zero-order valence-corrected chi connectivity index (χ0v) is 17.6. The van der Waals surface area contributed by atoms with Crippen LogP contribution in [0.5, 0.6) is 5.75 Å². The first-order valence-electron chi connectivity index (χ1n) is 9.04. The normalized spacial score (nSPS) is 10.8. The largest absolute Gasteiger partial charge is 0.488 e. The molecular weight excluding hydrogens is 423 g/mol. The summed E-state index contributed by atoms with van der Waals surface area (Å²) >= 11 is 12.0. The van der Waals surface area contributed by atoms with Crippen molar-refractivity contribution in [2.45, 2.75) is 6.61 Å². The van der Waals surface area contributed by atoms with Crippen molar-refractivity contribution < 1.29 is 19.1 Å². The summed E-state index contributed by atoms with van der Waals surface area (Å²) in [4.78, 5) is 24.0. The maximum absolute atomic E-state index is 12.5. The second-order valence-electron chi connectivity index (χ2n) is 6.34. The Morgan fingerprint density at radius 2 is 1.70 bits per heavy atom. The number of ether oxygens (including phenoxy) is 2. The zero-order valence-electron chi connectivity index (χ0n) is 16.1. The molecule has 3 aromatic rings. The maximum atomic E-state index is 12.5. The van der Waals surface area contributed by atoms with Gasteiger partial charge >= 0.3 is 5.97 Å². The van der Waals surface area contributed by atoms with Crippen molar-refractivity contribution in [3.05, 3.63) is 105 Å². The van der Waals surface area contributed by atoms with Crippen molar-refractivity contribution in [2.75, 3.05) is 7.11 Å². The molecule has 0 fully saturated rings. The summed E-state index contributed by atoms with van der Waals surface area (Å²) in [7, 11) is 1.34. The van der Waals surface area contributed by atoms with E-state index in [2.05, 4.69) is 0 Å². The second kappa shape index (κ2) is 10.1. The predicted molar refractivity (Wildman–Crippen MR) is 118 cm³/mol. The average Bonchev–Trinajstić information content (AvgIpc) is 2.76. The van der Waals surface area contributed by atoms with E-state index >= 15 is 0 Å². The third kappa shape index (κ3) is 5.50. The van der Waals surface area contributed by atoms with E-state index in [0.29, 0.717) is 33.5 Å². The van der Waals surface area contributed by atoms with Gasteiger partial charge in [0.2, 0.25) is 0 Å². The third-order valence-electron chi connectivity index (χ3n) is 4.30. The lowest BCUT2D eigenvalue weighted by molar-refractivity contribution is 0.0600. The standard InChI is InChI=1S/C24H18Cl2O4/c1-29-24(28)18-8-6-16(7-9-18)15-30-23-5-3-2-4-17(23)10-13-22(27)20-12-11-19(25)14-21(20)26/h2-14H,15H2,1H3/b13-10+. The Kier molecular flexibility index (Phi) is 7.28. The summed E-state index contributed by atoms with van der Waals surface area (Å²) in [5, 5.41) is 0.774. The van der Waals surface area contributed by atoms with Gasteiger partial charge < -0.3 is 9.47 Å². The highest BCUT2D eigenvalue weighted by molar-refractivity contribution is 6.37. The fourth-order valence-corrected chi connectivity index (χ4v) is 3.21. The quantitative estimate of drug-likeness (QED) is 0.247. The van der Waals surface area contributed by atoms with E-state index in [0.717, 1.165) is 11.1 Å². The van der Waals surface area contributed by atoms with Crippen molar-refractivity contribution in [1.29, 1.82) is 0 Å². The Balaban J connectivity index is 1.70. The van der Waals surface area contributed by atoms with Gasteiger partial charge in [-0.05, 0) is 54.1 Å². The monoisotopic (exact) mass is 440 g/mol. The van der Waals surface area contributed by atoms with Gasteiger partial charge in [-0.2, -0.15) is 0 Å². The number of ketones is 1. The molecule has 0 amide bonds. The molecule has 152 valence electrons. The van der Waals surface area contributed by atoms with Crippen LogP contribution in [0.1, 0.15) is 31.8 Å². The van der Waals surface area contributed by atoms with Crippen molar-refractivity contribution >= 4 is 41.0 Å². The molecule has 0 atom stereocenters. The minimum absolute atomic E-state index is 0.232. The predicted octanol–water partition coefficient (Wildman–Crippen LogP) is 6.26. The number of methoxy groups -OCH3 is 1. The highest BCUT2D eigenvalue weighted by Gasteiger charge is 2.09. The minimum Gasteiger partial charge on any atom is -0.488 e. The number of benzene rings is 3. The Morgan fingerprint density at radius 1 is 0.967 bits per heavy atom. The van der Waals surface area contributed by atoms with Gasteiger partial charge in [-0.1, -0.05) is 53.5 Å². The van der Waals surface area contributed by atoms with Crippen molar-refractivity contribution in [2.24, 2.45) is 0 Å². The lowest BCUT2D eigenvalue weighted by Gasteiger charge is -2.10. The topological polar surface area (TPSA) is 52.6 Å². The highest BCUT2D eigenvalue weighted by Crippen LogP contribution is 2.24. The Hall–Kier alpha value is -3.08. The van der Waals surface area contributed by atoms with Gasteiger partial charge in [0.05, 0.1) is 17.7 Å². The molecule has 0 aliphatic heterocycles. The zero-order chi connectivity index (χ0) is 21.5.